The number of nitriles is 1. The first kappa shape index (κ1) is 20.3. The molecule has 0 radical (unpaired) electrons. The minimum absolute atomic E-state index is 0.0527. The molecule has 0 spiro atoms. The van der Waals surface area contributed by atoms with Crippen molar-refractivity contribution in [3.63, 3.8) is 0 Å². The molecule has 3 aliphatic rings. The van der Waals surface area contributed by atoms with Crippen LogP contribution >= 0.6 is 0 Å². The van der Waals surface area contributed by atoms with Gasteiger partial charge in [-0.15, -0.1) is 13.2 Å². The summed E-state index contributed by atoms with van der Waals surface area (Å²) < 4.78 is 0. The van der Waals surface area contributed by atoms with Crippen LogP contribution < -0.4 is 9.80 Å². The standard InChI is InChI=1S/C26H24N4.C2H4/c1-16-7-5-6-8-20(16)29-22-11-17(13-27)14-28-23(22)30-21-10-9-18-12-19(21)26(4,24(29)30)15-25(18,2)3;1-2/h5-12,14,24H,15H2,1-4H3;1-2H2. The van der Waals surface area contributed by atoms with Crippen molar-refractivity contribution in [1.82, 2.24) is 4.98 Å². The lowest BCUT2D eigenvalue weighted by Crippen LogP contribution is -2.51. The van der Waals surface area contributed by atoms with Crippen LogP contribution in [-0.2, 0) is 10.8 Å². The van der Waals surface area contributed by atoms with Gasteiger partial charge in [-0.25, -0.2) is 4.98 Å². The molecular weight excluding hydrogens is 392 g/mol. The minimum Gasteiger partial charge on any atom is -0.316 e. The van der Waals surface area contributed by atoms with E-state index in [-0.39, 0.29) is 17.0 Å². The van der Waals surface area contributed by atoms with Crippen molar-refractivity contribution in [2.24, 2.45) is 0 Å². The van der Waals surface area contributed by atoms with Gasteiger partial charge in [0.15, 0.2) is 5.82 Å². The summed E-state index contributed by atoms with van der Waals surface area (Å²) >= 11 is 0. The Kier molecular flexibility index (Phi) is 4.26. The molecule has 4 heteroatoms. The normalized spacial score (nSPS) is 23.0. The van der Waals surface area contributed by atoms with Gasteiger partial charge in [0.1, 0.15) is 12.2 Å². The molecule has 0 saturated heterocycles. The van der Waals surface area contributed by atoms with Crippen molar-refractivity contribution in [2.75, 3.05) is 9.80 Å². The van der Waals surface area contributed by atoms with E-state index in [0.717, 1.165) is 17.9 Å². The van der Waals surface area contributed by atoms with Gasteiger partial charge < -0.3 is 9.80 Å². The van der Waals surface area contributed by atoms with Crippen molar-refractivity contribution in [3.8, 4) is 6.07 Å². The minimum atomic E-state index is -0.0527. The average Bonchev–Trinajstić information content (AvgIpc) is 3.26. The molecule has 4 nitrogen and oxygen atoms in total. The number of fused-ring (bicyclic) bond motifs is 6. The van der Waals surface area contributed by atoms with E-state index in [1.807, 2.05) is 6.07 Å². The van der Waals surface area contributed by atoms with Crippen LogP contribution in [0.1, 0.15) is 49.4 Å². The Hall–Kier alpha value is -3.58. The lowest BCUT2D eigenvalue weighted by atomic mass is 9.62. The van der Waals surface area contributed by atoms with Gasteiger partial charge >= 0.3 is 0 Å². The summed E-state index contributed by atoms with van der Waals surface area (Å²) in [5.74, 6) is 0.944. The van der Waals surface area contributed by atoms with Crippen LogP contribution in [0.15, 0.2) is 67.9 Å². The smallest absolute Gasteiger partial charge is 0.158 e. The first-order valence-electron chi connectivity index (χ1n) is 11.0. The summed E-state index contributed by atoms with van der Waals surface area (Å²) in [6.07, 6.45) is 2.86. The molecule has 0 N–H and O–H groups in total. The molecule has 2 aliphatic heterocycles. The zero-order valence-electron chi connectivity index (χ0n) is 19.2. The van der Waals surface area contributed by atoms with Crippen LogP contribution in [0, 0.1) is 18.3 Å². The Bertz CT molecular complexity index is 1280. The molecule has 2 bridgehead atoms. The van der Waals surface area contributed by atoms with Crippen molar-refractivity contribution in [1.29, 1.82) is 5.26 Å². The van der Waals surface area contributed by atoms with E-state index in [1.54, 1.807) is 6.20 Å². The molecule has 1 aromatic heterocycles. The van der Waals surface area contributed by atoms with Crippen LogP contribution in [-0.4, -0.2) is 11.1 Å². The molecule has 0 saturated carbocycles. The Morgan fingerprint density at radius 3 is 2.47 bits per heavy atom. The third-order valence-corrected chi connectivity index (χ3v) is 7.36. The molecule has 160 valence electrons. The van der Waals surface area contributed by atoms with E-state index in [4.69, 9.17) is 4.98 Å². The Morgan fingerprint density at radius 2 is 1.75 bits per heavy atom. The maximum absolute atomic E-state index is 9.54. The fourth-order valence-electron chi connectivity index (χ4n) is 6.11. The molecule has 2 unspecified atom stereocenters. The quantitative estimate of drug-likeness (QED) is 0.414. The highest BCUT2D eigenvalue weighted by molar-refractivity contribution is 5.92. The fourth-order valence-corrected chi connectivity index (χ4v) is 6.11. The van der Waals surface area contributed by atoms with Crippen molar-refractivity contribution < 1.29 is 0 Å². The van der Waals surface area contributed by atoms with Gasteiger partial charge in [0.2, 0.25) is 0 Å². The lowest BCUT2D eigenvalue weighted by Gasteiger charge is -2.45. The second kappa shape index (κ2) is 6.71. The van der Waals surface area contributed by atoms with Crippen LogP contribution in [0.3, 0.4) is 0 Å². The lowest BCUT2D eigenvalue weighted by molar-refractivity contribution is 0.286. The summed E-state index contributed by atoms with van der Waals surface area (Å²) in [4.78, 5) is 9.63. The van der Waals surface area contributed by atoms with Crippen molar-refractivity contribution >= 4 is 22.9 Å². The van der Waals surface area contributed by atoms with Crippen LogP contribution in [0.5, 0.6) is 0 Å². The summed E-state index contributed by atoms with van der Waals surface area (Å²) in [7, 11) is 0. The van der Waals surface area contributed by atoms with Gasteiger partial charge in [-0.3, -0.25) is 0 Å². The van der Waals surface area contributed by atoms with Gasteiger partial charge in [0, 0.05) is 23.0 Å². The third kappa shape index (κ3) is 2.45. The first-order valence-corrected chi connectivity index (χ1v) is 11.0. The highest BCUT2D eigenvalue weighted by Gasteiger charge is 2.59. The van der Waals surface area contributed by atoms with E-state index in [1.165, 1.54) is 28.1 Å². The number of aromatic nitrogens is 1. The van der Waals surface area contributed by atoms with Gasteiger partial charge in [0.25, 0.3) is 0 Å². The monoisotopic (exact) mass is 420 g/mol. The molecular formula is C28H28N4. The van der Waals surface area contributed by atoms with Gasteiger partial charge in [-0.05, 0) is 53.6 Å². The molecule has 3 heterocycles. The van der Waals surface area contributed by atoms with E-state index >= 15 is 0 Å². The number of hydrogen-bond acceptors (Lipinski definition) is 4. The van der Waals surface area contributed by atoms with Gasteiger partial charge in [-0.1, -0.05) is 51.1 Å². The highest BCUT2D eigenvalue weighted by atomic mass is 15.5. The number of benzene rings is 2. The molecule has 32 heavy (non-hydrogen) atoms. The molecule has 0 fully saturated rings. The number of nitrogens with zero attached hydrogens (tertiary/aromatic N) is 4. The predicted molar refractivity (Wildman–Crippen MR) is 131 cm³/mol. The zero-order chi connectivity index (χ0) is 22.8. The van der Waals surface area contributed by atoms with Gasteiger partial charge in [0.05, 0.1) is 11.3 Å². The van der Waals surface area contributed by atoms with Crippen molar-refractivity contribution in [3.05, 3.63) is 90.1 Å². The van der Waals surface area contributed by atoms with E-state index < -0.39 is 0 Å². The second-order valence-corrected chi connectivity index (χ2v) is 9.79. The summed E-state index contributed by atoms with van der Waals surface area (Å²) in [5, 5.41) is 9.54. The second-order valence-electron chi connectivity index (χ2n) is 9.79. The average molecular weight is 421 g/mol. The molecule has 3 aromatic rings. The maximum atomic E-state index is 9.54. The highest BCUT2D eigenvalue weighted by Crippen LogP contribution is 2.63. The summed E-state index contributed by atoms with van der Waals surface area (Å²) in [5.41, 5.74) is 8.15. The topological polar surface area (TPSA) is 43.2 Å². The Balaban J connectivity index is 0.00000105. The number of rotatable bonds is 1. The van der Waals surface area contributed by atoms with Crippen LogP contribution in [0.25, 0.3) is 0 Å². The number of pyridine rings is 1. The number of anilines is 4. The van der Waals surface area contributed by atoms with Crippen LogP contribution in [0.2, 0.25) is 0 Å². The van der Waals surface area contributed by atoms with Crippen LogP contribution in [0.4, 0.5) is 22.9 Å². The molecule has 2 atom stereocenters. The summed E-state index contributed by atoms with van der Waals surface area (Å²) in [6.45, 7) is 15.3. The third-order valence-electron chi connectivity index (χ3n) is 7.36. The van der Waals surface area contributed by atoms with E-state index in [2.05, 4.69) is 99.2 Å². The SMILES string of the molecule is C=C.Cc1ccccc1N1c2cc(C#N)cnc2N2c3ccc4cc3C(C)(CC4(C)C)C12. The number of para-hydroxylation sites is 1. The number of hydrogen-bond donors (Lipinski definition) is 0. The first-order chi connectivity index (χ1) is 15.3. The van der Waals surface area contributed by atoms with E-state index in [0.29, 0.717) is 5.56 Å². The summed E-state index contributed by atoms with van der Waals surface area (Å²) in [6, 6.07) is 19.8. The largest absolute Gasteiger partial charge is 0.316 e. The molecule has 0 amide bonds. The zero-order valence-corrected chi connectivity index (χ0v) is 19.2. The maximum Gasteiger partial charge on any atom is 0.158 e. The Morgan fingerprint density at radius 1 is 1.00 bits per heavy atom. The Labute approximate surface area is 190 Å². The fraction of sp³-hybridized carbons (Fsp3) is 0.286. The molecule has 2 aromatic carbocycles. The van der Waals surface area contributed by atoms with Gasteiger partial charge in [-0.2, -0.15) is 5.26 Å². The molecule has 1 aliphatic carbocycles. The van der Waals surface area contributed by atoms with E-state index in [9.17, 15) is 5.26 Å². The van der Waals surface area contributed by atoms with Crippen molar-refractivity contribution in [2.45, 2.75) is 51.1 Å². The predicted octanol–water partition coefficient (Wildman–Crippen LogP) is 6.63. The molecule has 6 rings (SSSR count). The number of aryl methyl sites for hydroxylation is 1.